The monoisotopic (exact) mass is 308 g/mol. The minimum Gasteiger partial charge on any atom is -0.340 e. The van der Waals surface area contributed by atoms with Crippen LogP contribution < -0.4 is 5.32 Å². The summed E-state index contributed by atoms with van der Waals surface area (Å²) in [5.74, 6) is -0.192. The summed E-state index contributed by atoms with van der Waals surface area (Å²) >= 11 is 6.24. The minimum atomic E-state index is -0.848. The van der Waals surface area contributed by atoms with Gasteiger partial charge in [0.25, 0.3) is 0 Å². The maximum absolute atomic E-state index is 12.8. The van der Waals surface area contributed by atoms with Crippen molar-refractivity contribution in [1.82, 2.24) is 10.2 Å². The summed E-state index contributed by atoms with van der Waals surface area (Å²) in [6, 6.07) is 6.66. The quantitative estimate of drug-likeness (QED) is 0.933. The van der Waals surface area contributed by atoms with Gasteiger partial charge in [0, 0.05) is 5.02 Å². The molecular formula is C16H21ClN2O2. The molecule has 2 amide bonds. The molecule has 114 valence electrons. The van der Waals surface area contributed by atoms with E-state index in [1.54, 1.807) is 24.8 Å². The third-order valence-corrected chi connectivity index (χ3v) is 4.73. The minimum absolute atomic E-state index is 0.0653. The number of carbonyl (C=O) groups excluding carboxylic acids is 2. The first-order chi connectivity index (χ1) is 9.81. The van der Waals surface area contributed by atoms with Gasteiger partial charge in [-0.15, -0.1) is 0 Å². The van der Waals surface area contributed by atoms with Gasteiger partial charge in [-0.1, -0.05) is 36.7 Å². The third kappa shape index (κ3) is 2.64. The number of halogens is 1. The number of carbonyl (C=O) groups is 2. The lowest BCUT2D eigenvalue weighted by Gasteiger charge is -2.45. The van der Waals surface area contributed by atoms with Crippen molar-refractivity contribution in [2.45, 2.75) is 51.7 Å². The van der Waals surface area contributed by atoms with Crippen molar-refractivity contribution < 1.29 is 9.59 Å². The van der Waals surface area contributed by atoms with E-state index >= 15 is 0 Å². The van der Waals surface area contributed by atoms with Gasteiger partial charge in [-0.05, 0) is 38.8 Å². The molecule has 2 rings (SSSR count). The van der Waals surface area contributed by atoms with E-state index in [4.69, 9.17) is 11.6 Å². The summed E-state index contributed by atoms with van der Waals surface area (Å²) in [6.45, 7) is 7.32. The molecule has 3 atom stereocenters. The summed E-state index contributed by atoms with van der Waals surface area (Å²) in [6.07, 6.45) is 0.552. The van der Waals surface area contributed by atoms with Gasteiger partial charge in [0.15, 0.2) is 0 Å². The van der Waals surface area contributed by atoms with Crippen molar-refractivity contribution in [2.75, 3.05) is 0 Å². The molecular weight excluding hydrogens is 288 g/mol. The van der Waals surface area contributed by atoms with E-state index in [2.05, 4.69) is 5.32 Å². The fourth-order valence-corrected chi connectivity index (χ4v) is 3.03. The Morgan fingerprint density at radius 3 is 2.57 bits per heavy atom. The van der Waals surface area contributed by atoms with Crippen LogP contribution in [0.5, 0.6) is 0 Å². The van der Waals surface area contributed by atoms with Crippen LogP contribution in [-0.2, 0) is 9.59 Å². The molecule has 4 nitrogen and oxygen atoms in total. The van der Waals surface area contributed by atoms with Crippen molar-refractivity contribution >= 4 is 23.4 Å². The average Bonchev–Trinajstić information content (AvgIpc) is 2.46. The number of amides is 2. The highest BCUT2D eigenvalue weighted by Crippen LogP contribution is 2.33. The Labute approximate surface area is 130 Å². The molecule has 1 heterocycles. The van der Waals surface area contributed by atoms with Crippen molar-refractivity contribution in [1.29, 1.82) is 0 Å². The molecule has 5 heteroatoms. The van der Waals surface area contributed by atoms with Gasteiger partial charge in [0.1, 0.15) is 11.6 Å². The standard InChI is InChI=1S/C16H21ClN2O2/c1-5-16(4)15(21)19(11(3)14(20)18-16)10(2)12-8-6-7-9-13(12)17/h6-11H,5H2,1-4H3,(H,18,20). The lowest BCUT2D eigenvalue weighted by atomic mass is 9.90. The molecule has 1 N–H and O–H groups in total. The second-order valence-corrected chi connectivity index (χ2v) is 6.17. The first-order valence-electron chi connectivity index (χ1n) is 7.21. The highest BCUT2D eigenvalue weighted by atomic mass is 35.5. The molecule has 1 aromatic carbocycles. The largest absolute Gasteiger partial charge is 0.340 e. The van der Waals surface area contributed by atoms with E-state index in [1.807, 2.05) is 32.0 Å². The first-order valence-corrected chi connectivity index (χ1v) is 7.59. The molecule has 0 spiro atoms. The van der Waals surface area contributed by atoms with Crippen molar-refractivity contribution in [2.24, 2.45) is 0 Å². The maximum atomic E-state index is 12.8. The number of hydrogen-bond donors (Lipinski definition) is 1. The van der Waals surface area contributed by atoms with Gasteiger partial charge < -0.3 is 10.2 Å². The van der Waals surface area contributed by atoms with E-state index in [1.165, 1.54) is 0 Å². The van der Waals surface area contributed by atoms with E-state index < -0.39 is 11.6 Å². The van der Waals surface area contributed by atoms with Crippen LogP contribution in [-0.4, -0.2) is 28.3 Å². The van der Waals surface area contributed by atoms with Crippen LogP contribution in [0.15, 0.2) is 24.3 Å². The highest BCUT2D eigenvalue weighted by Gasteiger charge is 2.47. The third-order valence-electron chi connectivity index (χ3n) is 4.38. The number of rotatable bonds is 3. The predicted molar refractivity (Wildman–Crippen MR) is 83.0 cm³/mol. The van der Waals surface area contributed by atoms with Crippen LogP contribution in [0.1, 0.15) is 45.7 Å². The summed E-state index contributed by atoms with van der Waals surface area (Å²) in [7, 11) is 0. The molecule has 3 unspecified atom stereocenters. The smallest absolute Gasteiger partial charge is 0.249 e. The van der Waals surface area contributed by atoms with Crippen molar-refractivity contribution in [3.8, 4) is 0 Å². The zero-order valence-corrected chi connectivity index (χ0v) is 13.6. The number of hydrogen-bond acceptors (Lipinski definition) is 2. The Kier molecular flexibility index (Phi) is 4.28. The lowest BCUT2D eigenvalue weighted by molar-refractivity contribution is -0.156. The van der Waals surface area contributed by atoms with Gasteiger partial charge in [-0.3, -0.25) is 9.59 Å². The van der Waals surface area contributed by atoms with Crippen LogP contribution in [0, 0.1) is 0 Å². The molecule has 1 saturated heterocycles. The van der Waals surface area contributed by atoms with E-state index in [9.17, 15) is 9.59 Å². The molecule has 0 aliphatic carbocycles. The molecule has 1 aliphatic rings. The summed E-state index contributed by atoms with van der Waals surface area (Å²) < 4.78 is 0. The Morgan fingerprint density at radius 1 is 1.38 bits per heavy atom. The number of piperazine rings is 1. The second kappa shape index (κ2) is 5.68. The molecule has 21 heavy (non-hydrogen) atoms. The van der Waals surface area contributed by atoms with Crippen LogP contribution in [0.2, 0.25) is 5.02 Å². The van der Waals surface area contributed by atoms with Gasteiger partial charge in [-0.25, -0.2) is 0 Å². The highest BCUT2D eigenvalue weighted by molar-refractivity contribution is 6.31. The molecule has 1 aliphatic heterocycles. The van der Waals surface area contributed by atoms with Crippen molar-refractivity contribution in [3.05, 3.63) is 34.9 Å². The fraction of sp³-hybridized carbons (Fsp3) is 0.500. The number of nitrogens with one attached hydrogen (secondary N) is 1. The molecule has 0 bridgehead atoms. The number of nitrogens with zero attached hydrogens (tertiary/aromatic N) is 1. The summed E-state index contributed by atoms with van der Waals surface area (Å²) in [5, 5.41) is 3.44. The Morgan fingerprint density at radius 2 is 2.00 bits per heavy atom. The molecule has 1 fully saturated rings. The van der Waals surface area contributed by atoms with E-state index in [-0.39, 0.29) is 17.9 Å². The Hall–Kier alpha value is -1.55. The fourth-order valence-electron chi connectivity index (χ4n) is 2.73. The van der Waals surface area contributed by atoms with Crippen LogP contribution >= 0.6 is 11.6 Å². The summed E-state index contributed by atoms with van der Waals surface area (Å²) in [4.78, 5) is 26.7. The maximum Gasteiger partial charge on any atom is 0.249 e. The van der Waals surface area contributed by atoms with Crippen LogP contribution in [0.25, 0.3) is 0 Å². The van der Waals surface area contributed by atoms with Crippen LogP contribution in [0.3, 0.4) is 0 Å². The van der Waals surface area contributed by atoms with E-state index in [0.717, 1.165) is 5.56 Å². The molecule has 0 aromatic heterocycles. The topological polar surface area (TPSA) is 49.4 Å². The van der Waals surface area contributed by atoms with Crippen LogP contribution in [0.4, 0.5) is 0 Å². The normalized spacial score (nSPS) is 27.5. The first kappa shape index (κ1) is 15.8. The molecule has 0 radical (unpaired) electrons. The second-order valence-electron chi connectivity index (χ2n) is 5.76. The number of benzene rings is 1. The van der Waals surface area contributed by atoms with E-state index in [0.29, 0.717) is 11.4 Å². The summed E-state index contributed by atoms with van der Waals surface area (Å²) in [5.41, 5.74) is 0.00608. The Balaban J connectivity index is 2.42. The van der Waals surface area contributed by atoms with Gasteiger partial charge in [0.05, 0.1) is 6.04 Å². The zero-order valence-electron chi connectivity index (χ0n) is 12.8. The van der Waals surface area contributed by atoms with Gasteiger partial charge in [-0.2, -0.15) is 0 Å². The Bertz CT molecular complexity index is 575. The zero-order chi connectivity index (χ0) is 15.8. The van der Waals surface area contributed by atoms with Crippen molar-refractivity contribution in [3.63, 3.8) is 0 Å². The molecule has 0 saturated carbocycles. The molecule has 1 aromatic rings. The van der Waals surface area contributed by atoms with Gasteiger partial charge >= 0.3 is 0 Å². The SMILES string of the molecule is CCC1(C)NC(=O)C(C)N(C(C)c2ccccc2Cl)C1=O. The lowest BCUT2D eigenvalue weighted by Crippen LogP contribution is -2.68. The average molecular weight is 309 g/mol. The van der Waals surface area contributed by atoms with Gasteiger partial charge in [0.2, 0.25) is 11.8 Å². The predicted octanol–water partition coefficient (Wildman–Crippen LogP) is 2.92.